The first-order valence-electron chi connectivity index (χ1n) is 20.6. The number of alkyl carbamates (subject to hydrolysis) is 1. The molecule has 0 rings (SSSR count). The largest absolute Gasteiger partial charge is 0.469 e. The van der Waals surface area contributed by atoms with E-state index in [1.807, 2.05) is 0 Å². The Kier molecular flexibility index (Phi) is 23.0. The van der Waals surface area contributed by atoms with Crippen molar-refractivity contribution in [3.8, 4) is 0 Å². The number of carbonyl (C=O) groups excluding carboxylic acids is 6. The van der Waals surface area contributed by atoms with Crippen molar-refractivity contribution in [3.63, 3.8) is 0 Å². The predicted molar refractivity (Wildman–Crippen MR) is 228 cm³/mol. The minimum absolute atomic E-state index is 0.103. The van der Waals surface area contributed by atoms with Crippen LogP contribution in [-0.4, -0.2) is 121 Å². The highest BCUT2D eigenvalue weighted by Crippen LogP contribution is 2.43. The van der Waals surface area contributed by atoms with Gasteiger partial charge in [-0.2, -0.15) is 0 Å². The maximum absolute atomic E-state index is 14.3. The summed E-state index contributed by atoms with van der Waals surface area (Å²) >= 11 is 0. The number of ether oxygens (including phenoxy) is 3. The molecule has 0 bridgehead atoms. The molecule has 5 atom stereocenters. The fourth-order valence-electron chi connectivity index (χ4n) is 8.23. The van der Waals surface area contributed by atoms with E-state index in [2.05, 4.69) is 104 Å². The Morgan fingerprint density at radius 2 is 0.931 bits per heavy atom. The molecule has 0 heterocycles. The van der Waals surface area contributed by atoms with Crippen molar-refractivity contribution < 1.29 is 56.9 Å². The van der Waals surface area contributed by atoms with Gasteiger partial charge in [0.25, 0.3) is 0 Å². The second kappa shape index (κ2) is 24.3. The molecule has 16 nitrogen and oxygen atoms in total. The summed E-state index contributed by atoms with van der Waals surface area (Å²) in [7, 11) is -2.77. The van der Waals surface area contributed by atoms with Gasteiger partial charge >= 0.3 is 18.0 Å². The molecule has 18 heteroatoms. The molecule has 0 unspecified atom stereocenters. The Morgan fingerprint density at radius 3 is 1.29 bits per heavy atom. The molecule has 0 aromatic carbocycles. The van der Waals surface area contributed by atoms with Crippen molar-refractivity contribution in [1.29, 1.82) is 0 Å². The molecule has 0 spiro atoms. The lowest BCUT2D eigenvalue weighted by molar-refractivity contribution is -0.147. The van der Waals surface area contributed by atoms with Gasteiger partial charge in [0.05, 0.1) is 33.5 Å². The standard InChI is InChI=1S/C40H78N4O12Si2/c1-23(2)57(24(3)4,25(5)6)54-21-31(42-37(49)34(29(13)45)44-39(51)56-40(14,15)16)36(48)41-30(19-20-33(46)52-17)35(47)43-32(38(50)53-18)22-55-58(26(7)8,27(9)10)28(11)12/h23-32,34,45H,19-22H2,1-18H3,(H,41,48)(H,42,49)(H,43,47)(H,44,51)/t29-,30+,31+,32+,34+/m1/s1. The molecule has 0 saturated carbocycles. The second-order valence-corrected chi connectivity index (χ2v) is 28.9. The molecular weight excluding hydrogens is 785 g/mol. The number of nitrogens with one attached hydrogen (secondary N) is 4. The highest BCUT2D eigenvalue weighted by Gasteiger charge is 2.47. The SMILES string of the molecule is COC(=O)CC[C@H](NC(=O)[C@H](CO[Si](C(C)C)(C(C)C)C(C)C)NC(=O)[C@@H](NC(=O)OC(C)(C)C)[C@@H](C)O)C(=O)N[C@@H](CO[Si](C(C)C)(C(C)C)C(C)C)C(=O)OC. The van der Waals surface area contributed by atoms with Gasteiger partial charge in [0.2, 0.25) is 17.7 Å². The molecule has 338 valence electrons. The molecule has 58 heavy (non-hydrogen) atoms. The smallest absolute Gasteiger partial charge is 0.408 e. The van der Waals surface area contributed by atoms with E-state index < -0.39 is 88.3 Å². The van der Waals surface area contributed by atoms with Crippen molar-refractivity contribution >= 4 is 52.4 Å². The summed E-state index contributed by atoms with van der Waals surface area (Å²) in [5.74, 6) is -3.98. The molecule has 0 aliphatic rings. The average Bonchev–Trinajstić information content (AvgIpc) is 3.08. The summed E-state index contributed by atoms with van der Waals surface area (Å²) in [6.45, 7) is 30.6. The summed E-state index contributed by atoms with van der Waals surface area (Å²) in [6.07, 6.45) is -2.88. The molecule has 0 fully saturated rings. The van der Waals surface area contributed by atoms with Crippen LogP contribution in [0.4, 0.5) is 4.79 Å². The molecule has 0 saturated heterocycles. The molecule has 4 amide bonds. The van der Waals surface area contributed by atoms with Crippen LogP contribution < -0.4 is 21.3 Å². The summed E-state index contributed by atoms with van der Waals surface area (Å²) in [4.78, 5) is 80.2. The Bertz CT molecular complexity index is 1310. The van der Waals surface area contributed by atoms with E-state index in [4.69, 9.17) is 23.1 Å². The van der Waals surface area contributed by atoms with Gasteiger partial charge in [-0.1, -0.05) is 83.1 Å². The third-order valence-corrected chi connectivity index (χ3v) is 22.9. The van der Waals surface area contributed by atoms with E-state index in [0.29, 0.717) is 0 Å². The maximum atomic E-state index is 14.3. The van der Waals surface area contributed by atoms with Gasteiger partial charge in [-0.15, -0.1) is 0 Å². The van der Waals surface area contributed by atoms with Crippen LogP contribution in [0.25, 0.3) is 0 Å². The van der Waals surface area contributed by atoms with Gasteiger partial charge in [-0.05, 0) is 67.4 Å². The summed E-state index contributed by atoms with van der Waals surface area (Å²) in [6, 6.07) is -5.64. The zero-order valence-electron chi connectivity index (χ0n) is 38.6. The molecule has 0 aliphatic carbocycles. The third kappa shape index (κ3) is 15.8. The predicted octanol–water partition coefficient (Wildman–Crippen LogP) is 5.23. The average molecular weight is 863 g/mol. The zero-order valence-corrected chi connectivity index (χ0v) is 40.6. The van der Waals surface area contributed by atoms with Gasteiger partial charge in [-0.25, -0.2) is 9.59 Å². The van der Waals surface area contributed by atoms with E-state index >= 15 is 0 Å². The monoisotopic (exact) mass is 863 g/mol. The van der Waals surface area contributed by atoms with Crippen LogP contribution in [0.1, 0.15) is 124 Å². The number of aliphatic hydroxyl groups excluding tert-OH is 1. The van der Waals surface area contributed by atoms with E-state index in [9.17, 15) is 33.9 Å². The third-order valence-electron chi connectivity index (χ3n) is 10.8. The number of esters is 2. The number of carbonyl (C=O) groups is 6. The Labute approximate surface area is 350 Å². The summed E-state index contributed by atoms with van der Waals surface area (Å²) < 4.78 is 28.5. The zero-order chi connectivity index (χ0) is 45.5. The topological polar surface area (TPSA) is 217 Å². The number of amides is 4. The fourth-order valence-corrected chi connectivity index (χ4v) is 19.1. The van der Waals surface area contributed by atoms with Crippen LogP contribution in [0.15, 0.2) is 0 Å². The Hall–Kier alpha value is -3.07. The minimum atomic E-state index is -2.65. The first-order valence-corrected chi connectivity index (χ1v) is 24.8. The van der Waals surface area contributed by atoms with Crippen molar-refractivity contribution in [2.24, 2.45) is 0 Å². The molecule has 0 radical (unpaired) electrons. The van der Waals surface area contributed by atoms with Crippen LogP contribution in [0.3, 0.4) is 0 Å². The number of aliphatic hydroxyl groups is 1. The summed E-state index contributed by atoms with van der Waals surface area (Å²) in [5.41, 5.74) is -0.0545. The van der Waals surface area contributed by atoms with Gasteiger partial charge in [0.1, 0.15) is 29.8 Å². The number of rotatable bonds is 24. The first-order chi connectivity index (χ1) is 26.5. The Balaban J connectivity index is 7.00. The van der Waals surface area contributed by atoms with Crippen LogP contribution in [0, 0.1) is 0 Å². The first kappa shape index (κ1) is 54.9. The molecular formula is C40H78N4O12Si2. The van der Waals surface area contributed by atoms with Crippen LogP contribution in [0.2, 0.25) is 33.2 Å². The lowest BCUT2D eigenvalue weighted by Gasteiger charge is -2.43. The highest BCUT2D eigenvalue weighted by molar-refractivity contribution is 6.78. The summed E-state index contributed by atoms with van der Waals surface area (Å²) in [5, 5.41) is 20.9. The molecule has 0 aromatic heterocycles. The fraction of sp³-hybridized carbons (Fsp3) is 0.850. The molecule has 0 aromatic rings. The van der Waals surface area contributed by atoms with Crippen LogP contribution in [0.5, 0.6) is 0 Å². The highest BCUT2D eigenvalue weighted by atomic mass is 28.4. The normalized spacial score (nSPS) is 15.2. The number of hydrogen-bond donors (Lipinski definition) is 5. The van der Waals surface area contributed by atoms with Crippen molar-refractivity contribution in [3.05, 3.63) is 0 Å². The van der Waals surface area contributed by atoms with Gasteiger partial charge in [-0.3, -0.25) is 19.2 Å². The number of methoxy groups -OCH3 is 2. The van der Waals surface area contributed by atoms with Gasteiger partial charge < -0.3 is 49.4 Å². The lowest BCUT2D eigenvalue weighted by atomic mass is 10.1. The van der Waals surface area contributed by atoms with Gasteiger partial charge in [0.15, 0.2) is 16.6 Å². The second-order valence-electron chi connectivity index (χ2n) is 17.9. The maximum Gasteiger partial charge on any atom is 0.408 e. The van der Waals surface area contributed by atoms with Crippen molar-refractivity contribution in [2.45, 2.75) is 193 Å². The van der Waals surface area contributed by atoms with Crippen molar-refractivity contribution in [1.82, 2.24) is 21.3 Å². The lowest BCUT2D eigenvalue weighted by Crippen LogP contribution is -2.62. The van der Waals surface area contributed by atoms with Crippen LogP contribution in [-0.2, 0) is 47.0 Å². The Morgan fingerprint density at radius 1 is 0.552 bits per heavy atom. The van der Waals surface area contributed by atoms with Crippen LogP contribution >= 0.6 is 0 Å². The van der Waals surface area contributed by atoms with E-state index in [1.54, 1.807) is 20.8 Å². The van der Waals surface area contributed by atoms with E-state index in [-0.39, 0.29) is 59.3 Å². The molecule has 5 N–H and O–H groups in total. The quantitative estimate of drug-likeness (QED) is 0.0480. The minimum Gasteiger partial charge on any atom is -0.469 e. The van der Waals surface area contributed by atoms with E-state index in [1.165, 1.54) is 21.1 Å². The number of hydrogen-bond acceptors (Lipinski definition) is 12. The van der Waals surface area contributed by atoms with E-state index in [0.717, 1.165) is 0 Å². The molecule has 0 aliphatic heterocycles. The van der Waals surface area contributed by atoms with Gasteiger partial charge in [0, 0.05) is 6.42 Å². The van der Waals surface area contributed by atoms with Crippen molar-refractivity contribution in [2.75, 3.05) is 27.4 Å².